The largest absolute Gasteiger partial charge is 0.381 e. The number of nitrogens with one attached hydrogen (secondary N) is 4. The van der Waals surface area contributed by atoms with Crippen molar-refractivity contribution in [3.8, 4) is 0 Å². The number of hydrogen-bond donors (Lipinski definition) is 5. The molecule has 1 heterocycles. The molecule has 1 aliphatic heterocycles. The number of amides is 5. The minimum absolute atomic E-state index is 0.100. The maximum atomic E-state index is 14.3. The van der Waals surface area contributed by atoms with Crippen molar-refractivity contribution in [3.05, 3.63) is 108 Å². The second-order valence-electron chi connectivity index (χ2n) is 16.2. The first kappa shape index (κ1) is 43.1. The van der Waals surface area contributed by atoms with E-state index in [1.54, 1.807) is 45.0 Å². The first-order valence-electron chi connectivity index (χ1n) is 18.9. The highest BCUT2D eigenvalue weighted by Gasteiger charge is 2.50. The minimum atomic E-state index is -1.71. The van der Waals surface area contributed by atoms with Gasteiger partial charge in [0.05, 0.1) is 11.9 Å². The minimum Gasteiger partial charge on any atom is -0.381 e. The third-order valence-electron chi connectivity index (χ3n) is 9.62. The summed E-state index contributed by atoms with van der Waals surface area (Å²) in [5.41, 5.74) is 1.47. The monoisotopic (exact) mass is 771 g/mol. The average Bonchev–Trinajstić information content (AvgIpc) is 3.48. The number of thioether (sulfide) groups is 1. The zero-order chi connectivity index (χ0) is 40.3. The highest BCUT2D eigenvalue weighted by atomic mass is 32.2. The number of carbonyl (C=O) groups excluding carboxylic acids is 5. The fraction of sp³-hybridized carbons (Fsp3) is 0.465. The molecule has 5 atom stereocenters. The van der Waals surface area contributed by atoms with Gasteiger partial charge in [0.1, 0.15) is 18.1 Å². The van der Waals surface area contributed by atoms with Gasteiger partial charge in [-0.15, -0.1) is 11.8 Å². The smallest absolute Gasteiger partial charge is 0.254 e. The molecule has 0 radical (unpaired) electrons. The summed E-state index contributed by atoms with van der Waals surface area (Å²) >= 11 is 1.44. The van der Waals surface area contributed by atoms with Crippen molar-refractivity contribution in [1.82, 2.24) is 26.2 Å². The zero-order valence-corrected chi connectivity index (χ0v) is 33.8. The quantitative estimate of drug-likeness (QED) is 0.143. The topological polar surface area (TPSA) is 157 Å². The van der Waals surface area contributed by atoms with Gasteiger partial charge in [-0.25, -0.2) is 0 Å². The summed E-state index contributed by atoms with van der Waals surface area (Å²) in [6.07, 6.45) is -0.965. The molecule has 1 fully saturated rings. The molecule has 1 saturated heterocycles. The molecule has 0 saturated carbocycles. The SMILES string of the molecule is CC(C)CNC(=O)[C@H]1N(C(=O)[C@@H](O)[C@H](Cc2ccccc2)NC(=O)[C@@H](NC(=O)[C@@H](NC(=O)CCc2ccccc2)c2ccccc2)C(C)(C)C)CSC1(C)C. The van der Waals surface area contributed by atoms with Gasteiger partial charge >= 0.3 is 0 Å². The number of rotatable bonds is 16. The first-order valence-corrected chi connectivity index (χ1v) is 19.9. The van der Waals surface area contributed by atoms with Crippen molar-refractivity contribution >= 4 is 41.3 Å². The van der Waals surface area contributed by atoms with Crippen LogP contribution in [0.1, 0.15) is 77.6 Å². The molecule has 3 aromatic carbocycles. The Bertz CT molecular complexity index is 1750. The Morgan fingerprint density at radius 3 is 1.95 bits per heavy atom. The molecule has 0 aromatic heterocycles. The summed E-state index contributed by atoms with van der Waals surface area (Å²) < 4.78 is -0.623. The maximum Gasteiger partial charge on any atom is 0.254 e. The van der Waals surface area contributed by atoms with Crippen LogP contribution in [-0.2, 0) is 36.8 Å². The van der Waals surface area contributed by atoms with Crippen LogP contribution < -0.4 is 21.3 Å². The number of hydrogen-bond acceptors (Lipinski definition) is 7. The van der Waals surface area contributed by atoms with Gasteiger partial charge in [-0.3, -0.25) is 24.0 Å². The zero-order valence-electron chi connectivity index (χ0n) is 33.0. The average molecular weight is 772 g/mol. The molecule has 5 amide bonds. The van der Waals surface area contributed by atoms with E-state index in [0.29, 0.717) is 18.5 Å². The van der Waals surface area contributed by atoms with Crippen LogP contribution in [0.25, 0.3) is 0 Å². The van der Waals surface area contributed by atoms with Crippen molar-refractivity contribution in [3.63, 3.8) is 0 Å². The van der Waals surface area contributed by atoms with Gasteiger partial charge in [0.2, 0.25) is 23.6 Å². The van der Waals surface area contributed by atoms with Crippen molar-refractivity contribution in [2.45, 2.75) is 103 Å². The van der Waals surface area contributed by atoms with Gasteiger partial charge in [0.25, 0.3) is 5.91 Å². The predicted octanol–water partition coefficient (Wildman–Crippen LogP) is 4.55. The van der Waals surface area contributed by atoms with Crippen molar-refractivity contribution in [2.75, 3.05) is 12.4 Å². The van der Waals surface area contributed by atoms with Crippen molar-refractivity contribution in [1.29, 1.82) is 0 Å². The highest BCUT2D eigenvalue weighted by Crippen LogP contribution is 2.40. The Kier molecular flexibility index (Phi) is 15.1. The van der Waals surface area contributed by atoms with Gasteiger partial charge in [-0.05, 0) is 54.7 Å². The summed E-state index contributed by atoms with van der Waals surface area (Å²) in [7, 11) is 0. The van der Waals surface area contributed by atoms with Crippen LogP contribution >= 0.6 is 11.8 Å². The molecule has 11 nitrogen and oxygen atoms in total. The number of nitrogens with zero attached hydrogens (tertiary/aromatic N) is 1. The fourth-order valence-corrected chi connectivity index (χ4v) is 7.65. The summed E-state index contributed by atoms with van der Waals surface area (Å²) in [6, 6.07) is 23.4. The van der Waals surface area contributed by atoms with Gasteiger partial charge < -0.3 is 31.3 Å². The number of aryl methyl sites for hydroxylation is 1. The van der Waals surface area contributed by atoms with Crippen LogP contribution in [-0.4, -0.2) is 80.9 Å². The molecular weight excluding hydrogens is 715 g/mol. The fourth-order valence-electron chi connectivity index (χ4n) is 6.51. The van der Waals surface area contributed by atoms with E-state index < -0.39 is 58.2 Å². The second-order valence-corrected chi connectivity index (χ2v) is 17.8. The Hall–Kier alpha value is -4.68. The summed E-state index contributed by atoms with van der Waals surface area (Å²) in [5, 5.41) is 23.4. The molecule has 296 valence electrons. The lowest BCUT2D eigenvalue weighted by atomic mass is 9.85. The van der Waals surface area contributed by atoms with Crippen molar-refractivity contribution in [2.24, 2.45) is 11.3 Å². The van der Waals surface area contributed by atoms with Crippen molar-refractivity contribution < 1.29 is 29.1 Å². The number of benzene rings is 3. The lowest BCUT2D eigenvalue weighted by Gasteiger charge is -2.35. The highest BCUT2D eigenvalue weighted by molar-refractivity contribution is 8.00. The molecule has 4 rings (SSSR count). The summed E-state index contributed by atoms with van der Waals surface area (Å²) in [4.78, 5) is 70.6. The van der Waals surface area contributed by atoms with Crippen LogP contribution in [0.2, 0.25) is 0 Å². The Morgan fingerprint density at radius 2 is 1.38 bits per heavy atom. The molecule has 0 bridgehead atoms. The van der Waals surface area contributed by atoms with Gasteiger partial charge in [0, 0.05) is 17.7 Å². The van der Waals surface area contributed by atoms with Gasteiger partial charge in [-0.2, -0.15) is 0 Å². The second kappa shape index (κ2) is 19.3. The van der Waals surface area contributed by atoms with Gasteiger partial charge in [-0.1, -0.05) is 126 Å². The Labute approximate surface area is 329 Å². The van der Waals surface area contributed by atoms with Crippen LogP contribution in [0.3, 0.4) is 0 Å². The molecule has 12 heteroatoms. The van der Waals surface area contributed by atoms with E-state index in [-0.39, 0.29) is 36.5 Å². The lowest BCUT2D eigenvalue weighted by molar-refractivity contribution is -0.148. The number of aliphatic hydroxyl groups is 1. The van der Waals surface area contributed by atoms with Crippen LogP contribution in [0.5, 0.6) is 0 Å². The van der Waals surface area contributed by atoms with E-state index in [2.05, 4.69) is 21.3 Å². The van der Waals surface area contributed by atoms with E-state index in [9.17, 15) is 29.1 Å². The molecule has 55 heavy (non-hydrogen) atoms. The summed E-state index contributed by atoms with van der Waals surface area (Å²) in [5.74, 6) is -2.11. The van der Waals surface area contributed by atoms with E-state index in [1.165, 1.54) is 16.7 Å². The Balaban J connectivity index is 1.57. The molecule has 1 aliphatic rings. The van der Waals surface area contributed by atoms with E-state index in [1.807, 2.05) is 94.4 Å². The third kappa shape index (κ3) is 12.2. The van der Waals surface area contributed by atoms with Crippen LogP contribution in [0.15, 0.2) is 91.0 Å². The van der Waals surface area contributed by atoms with E-state index >= 15 is 0 Å². The van der Waals surface area contributed by atoms with E-state index in [0.717, 1.165) is 11.1 Å². The predicted molar refractivity (Wildman–Crippen MR) is 217 cm³/mol. The normalized spacial score (nSPS) is 17.4. The van der Waals surface area contributed by atoms with Crippen LogP contribution in [0.4, 0.5) is 0 Å². The molecule has 0 spiro atoms. The number of aliphatic hydroxyl groups excluding tert-OH is 1. The molecule has 5 N–H and O–H groups in total. The standard InChI is InChI=1S/C43H57N5O6S/c1-28(2)26-44-40(53)37-43(6,7)55-27-48(37)41(54)35(50)32(25-30-19-13-9-14-20-30)45-39(52)36(42(3,4)5)47-38(51)34(31-21-15-10-16-22-31)46-33(49)24-23-29-17-11-8-12-18-29/h8-22,28,32,34-37,50H,23-27H2,1-7H3,(H,44,53)(H,45,52)(H,46,49)(H,47,51)/t32-,34-,35-,36+,37+/m0/s1. The molecule has 3 aromatic rings. The molecular formula is C43H57N5O6S. The first-order chi connectivity index (χ1) is 26.0. The van der Waals surface area contributed by atoms with Crippen LogP contribution in [0, 0.1) is 11.3 Å². The molecule has 0 aliphatic carbocycles. The summed E-state index contributed by atoms with van der Waals surface area (Å²) in [6.45, 7) is 13.6. The molecule has 0 unspecified atom stereocenters. The maximum absolute atomic E-state index is 14.3. The number of carbonyl (C=O) groups is 5. The van der Waals surface area contributed by atoms with Gasteiger partial charge in [0.15, 0.2) is 6.10 Å². The van der Waals surface area contributed by atoms with E-state index in [4.69, 9.17) is 0 Å². The third-order valence-corrected chi connectivity index (χ3v) is 11.0. The lowest BCUT2D eigenvalue weighted by Crippen LogP contribution is -2.62. The Morgan fingerprint density at radius 1 is 0.818 bits per heavy atom.